The summed E-state index contributed by atoms with van der Waals surface area (Å²) in [7, 11) is 0. The van der Waals surface area contributed by atoms with Gasteiger partial charge in [-0.1, -0.05) is 6.07 Å². The van der Waals surface area contributed by atoms with E-state index in [1.54, 1.807) is 37.4 Å². The molecule has 0 radical (unpaired) electrons. The molecule has 0 bridgehead atoms. The number of carbonyl (C=O) groups is 1. The summed E-state index contributed by atoms with van der Waals surface area (Å²) in [6, 6.07) is 10.3. The number of aromatic nitrogens is 3. The van der Waals surface area contributed by atoms with Gasteiger partial charge in [0.05, 0.1) is 23.3 Å². The second kappa shape index (κ2) is 6.49. The number of fused-ring (bicyclic) bond motifs is 1. The lowest BCUT2D eigenvalue weighted by molar-refractivity contribution is 0.0950. The first kappa shape index (κ1) is 15.7. The number of nitrogens with zero attached hydrogens (tertiary/aromatic N) is 2. The summed E-state index contributed by atoms with van der Waals surface area (Å²) in [5, 5.41) is 2.77. The molecule has 3 aromatic rings. The van der Waals surface area contributed by atoms with Gasteiger partial charge in [0.15, 0.2) is 0 Å². The lowest BCUT2D eigenvalue weighted by atomic mass is 10.1. The minimum Gasteiger partial charge on any atom is -0.346 e. The second-order valence-corrected chi connectivity index (χ2v) is 5.24. The molecule has 0 spiro atoms. The van der Waals surface area contributed by atoms with Gasteiger partial charge in [-0.25, -0.2) is 0 Å². The van der Waals surface area contributed by atoms with Crippen LogP contribution in [0.3, 0.4) is 0 Å². The van der Waals surface area contributed by atoms with E-state index in [0.717, 1.165) is 5.69 Å². The van der Waals surface area contributed by atoms with Crippen molar-refractivity contribution in [3.8, 4) is 0 Å². The van der Waals surface area contributed by atoms with Gasteiger partial charge in [-0.05, 0) is 37.3 Å². The lowest BCUT2D eigenvalue weighted by Gasteiger charge is -2.09. The first-order valence-corrected chi connectivity index (χ1v) is 7.55. The fourth-order valence-electron chi connectivity index (χ4n) is 2.51. The Labute approximate surface area is 137 Å². The predicted octanol–water partition coefficient (Wildman–Crippen LogP) is 1.03. The molecular formula is C17H16N4O3. The van der Waals surface area contributed by atoms with E-state index in [0.29, 0.717) is 29.7 Å². The molecule has 24 heavy (non-hydrogen) atoms. The van der Waals surface area contributed by atoms with Crippen LogP contribution in [0.15, 0.2) is 52.2 Å². The summed E-state index contributed by atoms with van der Waals surface area (Å²) in [6.45, 7) is 2.47. The zero-order valence-corrected chi connectivity index (χ0v) is 13.1. The number of carbonyl (C=O) groups excluding carboxylic acids is 1. The van der Waals surface area contributed by atoms with E-state index in [-0.39, 0.29) is 5.91 Å². The summed E-state index contributed by atoms with van der Waals surface area (Å²) in [5.41, 5.74) is 0.887. The molecule has 0 atom stereocenters. The van der Waals surface area contributed by atoms with Crippen LogP contribution in [0, 0.1) is 0 Å². The zero-order valence-electron chi connectivity index (χ0n) is 13.1. The summed E-state index contributed by atoms with van der Waals surface area (Å²) < 4.78 is 1.38. The first-order valence-electron chi connectivity index (χ1n) is 7.55. The maximum Gasteiger partial charge on any atom is 0.316 e. The van der Waals surface area contributed by atoms with Crippen molar-refractivity contribution >= 4 is 16.9 Å². The third kappa shape index (κ3) is 2.96. The molecule has 0 fully saturated rings. The molecule has 2 aromatic heterocycles. The highest BCUT2D eigenvalue weighted by molar-refractivity contribution is 5.97. The third-order valence-electron chi connectivity index (χ3n) is 3.71. The number of hydrogen-bond donors (Lipinski definition) is 2. The van der Waals surface area contributed by atoms with Crippen LogP contribution in [-0.4, -0.2) is 20.4 Å². The Morgan fingerprint density at radius 3 is 2.79 bits per heavy atom. The van der Waals surface area contributed by atoms with Crippen LogP contribution < -0.4 is 16.4 Å². The molecule has 0 unspecified atom stereocenters. The largest absolute Gasteiger partial charge is 0.346 e. The first-order chi connectivity index (χ1) is 11.6. The summed E-state index contributed by atoms with van der Waals surface area (Å²) in [5.74, 6) is -0.280. The van der Waals surface area contributed by atoms with Gasteiger partial charge < -0.3 is 14.9 Å². The van der Waals surface area contributed by atoms with Crippen LogP contribution in [0.5, 0.6) is 0 Å². The Bertz CT molecular complexity index is 1010. The minimum atomic E-state index is -0.699. The molecule has 2 heterocycles. The molecule has 0 aliphatic heterocycles. The Balaban J connectivity index is 1.90. The van der Waals surface area contributed by atoms with Gasteiger partial charge in [0.2, 0.25) is 0 Å². The predicted molar refractivity (Wildman–Crippen MR) is 89.9 cm³/mol. The molecule has 3 rings (SSSR count). The molecule has 7 heteroatoms. The fraction of sp³-hybridized carbons (Fsp3) is 0.176. The average molecular weight is 324 g/mol. The van der Waals surface area contributed by atoms with Gasteiger partial charge in [-0.3, -0.25) is 19.4 Å². The average Bonchev–Trinajstić information content (AvgIpc) is 2.61. The zero-order chi connectivity index (χ0) is 17.1. The molecule has 122 valence electrons. The standard InChI is InChI=1S/C17H16N4O3/c1-2-21-14-7-6-11(9-13(14)20-16(23)17(21)24)15(22)19-10-12-5-3-4-8-18-12/h3-9H,2,10H2,1H3,(H,19,22)(H,20,23). The maximum absolute atomic E-state index is 12.3. The summed E-state index contributed by atoms with van der Waals surface area (Å²) >= 11 is 0. The van der Waals surface area contributed by atoms with Gasteiger partial charge >= 0.3 is 11.1 Å². The van der Waals surface area contributed by atoms with E-state index in [1.165, 1.54) is 4.57 Å². The van der Waals surface area contributed by atoms with Crippen molar-refractivity contribution in [1.82, 2.24) is 19.9 Å². The van der Waals surface area contributed by atoms with Gasteiger partial charge in [0, 0.05) is 18.3 Å². The van der Waals surface area contributed by atoms with E-state index in [1.807, 2.05) is 12.1 Å². The van der Waals surface area contributed by atoms with E-state index < -0.39 is 11.1 Å². The highest BCUT2D eigenvalue weighted by Gasteiger charge is 2.10. The molecule has 0 aliphatic carbocycles. The Morgan fingerprint density at radius 1 is 1.25 bits per heavy atom. The highest BCUT2D eigenvalue weighted by atomic mass is 16.2. The number of H-pyrrole nitrogens is 1. The number of aromatic amines is 1. The van der Waals surface area contributed by atoms with Gasteiger partial charge in [-0.15, -0.1) is 0 Å². The normalized spacial score (nSPS) is 10.7. The summed E-state index contributed by atoms with van der Waals surface area (Å²) in [6.07, 6.45) is 1.66. The van der Waals surface area contributed by atoms with Crippen LogP contribution in [-0.2, 0) is 13.1 Å². The smallest absolute Gasteiger partial charge is 0.316 e. The molecule has 2 N–H and O–H groups in total. The lowest BCUT2D eigenvalue weighted by Crippen LogP contribution is -2.36. The molecular weight excluding hydrogens is 308 g/mol. The molecule has 0 aliphatic rings. The van der Waals surface area contributed by atoms with Crippen LogP contribution in [0.25, 0.3) is 11.0 Å². The van der Waals surface area contributed by atoms with Crippen molar-refractivity contribution in [1.29, 1.82) is 0 Å². The van der Waals surface area contributed by atoms with Crippen LogP contribution in [0.2, 0.25) is 0 Å². The van der Waals surface area contributed by atoms with Crippen molar-refractivity contribution < 1.29 is 4.79 Å². The van der Waals surface area contributed by atoms with Crippen LogP contribution in [0.4, 0.5) is 0 Å². The number of rotatable bonds is 4. The second-order valence-electron chi connectivity index (χ2n) is 5.24. The molecule has 1 amide bonds. The van der Waals surface area contributed by atoms with Crippen molar-refractivity contribution in [2.24, 2.45) is 0 Å². The maximum atomic E-state index is 12.3. The van der Waals surface area contributed by atoms with Crippen molar-refractivity contribution in [3.05, 3.63) is 74.6 Å². The topological polar surface area (TPSA) is 96.9 Å². The van der Waals surface area contributed by atoms with Crippen molar-refractivity contribution in [2.75, 3.05) is 0 Å². The van der Waals surface area contributed by atoms with E-state index in [4.69, 9.17) is 0 Å². The fourth-order valence-corrected chi connectivity index (χ4v) is 2.51. The van der Waals surface area contributed by atoms with Crippen LogP contribution in [0.1, 0.15) is 23.0 Å². The van der Waals surface area contributed by atoms with Crippen LogP contribution >= 0.6 is 0 Å². The van der Waals surface area contributed by atoms with Gasteiger partial charge in [0.1, 0.15) is 0 Å². The van der Waals surface area contributed by atoms with Crippen molar-refractivity contribution in [3.63, 3.8) is 0 Å². The van der Waals surface area contributed by atoms with Gasteiger partial charge in [-0.2, -0.15) is 0 Å². The molecule has 0 saturated heterocycles. The Morgan fingerprint density at radius 2 is 2.08 bits per heavy atom. The highest BCUT2D eigenvalue weighted by Crippen LogP contribution is 2.11. The number of aryl methyl sites for hydroxylation is 1. The van der Waals surface area contributed by atoms with E-state index in [9.17, 15) is 14.4 Å². The number of amides is 1. The van der Waals surface area contributed by atoms with E-state index >= 15 is 0 Å². The monoisotopic (exact) mass is 324 g/mol. The SMILES string of the molecule is CCn1c(=O)c(=O)[nH]c2cc(C(=O)NCc3ccccn3)ccc21. The van der Waals surface area contributed by atoms with Gasteiger partial charge in [0.25, 0.3) is 5.91 Å². The third-order valence-corrected chi connectivity index (χ3v) is 3.71. The number of benzene rings is 1. The summed E-state index contributed by atoms with van der Waals surface area (Å²) in [4.78, 5) is 42.5. The number of nitrogens with one attached hydrogen (secondary N) is 2. The number of pyridine rings is 1. The minimum absolute atomic E-state index is 0.280. The van der Waals surface area contributed by atoms with Crippen molar-refractivity contribution in [2.45, 2.75) is 20.0 Å². The quantitative estimate of drug-likeness (QED) is 0.701. The molecule has 1 aromatic carbocycles. The Hall–Kier alpha value is -3.22. The Kier molecular flexibility index (Phi) is 4.24. The number of hydrogen-bond acceptors (Lipinski definition) is 4. The van der Waals surface area contributed by atoms with E-state index in [2.05, 4.69) is 15.3 Å². The molecule has 7 nitrogen and oxygen atoms in total. The molecule has 0 saturated carbocycles.